The van der Waals surface area contributed by atoms with Gasteiger partial charge in [-0.3, -0.25) is 0 Å². The molecule has 0 spiro atoms. The normalized spacial score (nSPS) is 12.0. The second kappa shape index (κ2) is 10.4. The van der Waals surface area contributed by atoms with Gasteiger partial charge in [-0.2, -0.15) is 0 Å². The first-order valence-electron chi connectivity index (χ1n) is 8.11. The van der Waals surface area contributed by atoms with Crippen molar-refractivity contribution in [3.05, 3.63) is 71.3 Å². The van der Waals surface area contributed by atoms with E-state index in [1.165, 1.54) is 23.1 Å². The number of benzene rings is 2. The number of aryl methyl sites for hydroxylation is 1. The molecule has 2 aromatic rings. The lowest BCUT2D eigenvalue weighted by molar-refractivity contribution is 0.0687. The van der Waals surface area contributed by atoms with Crippen molar-refractivity contribution in [3.8, 4) is 0 Å². The maximum atomic E-state index is 6.18. The van der Waals surface area contributed by atoms with E-state index in [4.69, 9.17) is 4.74 Å². The fourth-order valence-corrected chi connectivity index (χ4v) is 2.51. The number of rotatable bonds is 8. The maximum Gasteiger partial charge on any atom is 0.108 e. The standard InChI is InChI=1S/C20H27NO.ClH/c1-4-8-17-11-13-19(14-12-17)20(22-16-15-21(2)3)18-9-6-5-7-10-18;/h5-7,9-14,20H,4,8,15-16H2,1-3H3;1H. The van der Waals surface area contributed by atoms with Crippen molar-refractivity contribution in [1.29, 1.82) is 0 Å². The van der Waals surface area contributed by atoms with Crippen LogP contribution in [0.5, 0.6) is 0 Å². The minimum absolute atomic E-state index is 0. The van der Waals surface area contributed by atoms with E-state index in [1.54, 1.807) is 0 Å². The van der Waals surface area contributed by atoms with Gasteiger partial charge < -0.3 is 9.64 Å². The van der Waals surface area contributed by atoms with Crippen LogP contribution in [0, 0.1) is 0 Å². The van der Waals surface area contributed by atoms with Gasteiger partial charge in [0.2, 0.25) is 0 Å². The molecule has 0 heterocycles. The fourth-order valence-electron chi connectivity index (χ4n) is 2.51. The number of halogens is 1. The third-order valence-electron chi connectivity index (χ3n) is 3.75. The Morgan fingerprint density at radius 3 is 2.09 bits per heavy atom. The molecule has 0 aliphatic heterocycles. The third kappa shape index (κ3) is 6.34. The van der Waals surface area contributed by atoms with Crippen molar-refractivity contribution < 1.29 is 4.74 Å². The van der Waals surface area contributed by atoms with E-state index < -0.39 is 0 Å². The maximum absolute atomic E-state index is 6.18. The summed E-state index contributed by atoms with van der Waals surface area (Å²) < 4.78 is 6.18. The molecule has 1 atom stereocenters. The lowest BCUT2D eigenvalue weighted by Crippen LogP contribution is -2.20. The summed E-state index contributed by atoms with van der Waals surface area (Å²) in [5, 5.41) is 0. The Balaban J connectivity index is 0.00000264. The average molecular weight is 334 g/mol. The van der Waals surface area contributed by atoms with Gasteiger partial charge in [0.1, 0.15) is 6.10 Å². The fraction of sp³-hybridized carbons (Fsp3) is 0.400. The predicted molar refractivity (Wildman–Crippen MR) is 100 cm³/mol. The number of hydrogen-bond acceptors (Lipinski definition) is 2. The molecule has 0 saturated heterocycles. The highest BCUT2D eigenvalue weighted by Crippen LogP contribution is 2.26. The molecule has 0 saturated carbocycles. The van der Waals surface area contributed by atoms with Gasteiger partial charge in [-0.25, -0.2) is 0 Å². The summed E-state index contributed by atoms with van der Waals surface area (Å²) in [5.41, 5.74) is 3.83. The predicted octanol–water partition coefficient (Wildman–Crippen LogP) is 4.73. The second-order valence-electron chi connectivity index (χ2n) is 5.96. The molecule has 2 aromatic carbocycles. The Kier molecular flexibility index (Phi) is 8.93. The Labute approximate surface area is 146 Å². The summed E-state index contributed by atoms with van der Waals surface area (Å²) >= 11 is 0. The highest BCUT2D eigenvalue weighted by atomic mass is 35.5. The molecule has 0 radical (unpaired) electrons. The van der Waals surface area contributed by atoms with Crippen molar-refractivity contribution in [2.45, 2.75) is 25.9 Å². The van der Waals surface area contributed by atoms with E-state index in [9.17, 15) is 0 Å². The first-order valence-corrected chi connectivity index (χ1v) is 8.11. The lowest BCUT2D eigenvalue weighted by Gasteiger charge is -2.20. The number of hydrogen-bond donors (Lipinski definition) is 0. The van der Waals surface area contributed by atoms with Crippen molar-refractivity contribution in [2.24, 2.45) is 0 Å². The monoisotopic (exact) mass is 333 g/mol. The molecular weight excluding hydrogens is 306 g/mol. The van der Waals surface area contributed by atoms with Crippen molar-refractivity contribution in [2.75, 3.05) is 27.2 Å². The Hall–Kier alpha value is -1.35. The van der Waals surface area contributed by atoms with Gasteiger partial charge in [-0.15, -0.1) is 12.4 Å². The smallest absolute Gasteiger partial charge is 0.108 e. The van der Waals surface area contributed by atoms with Gasteiger partial charge in [0.15, 0.2) is 0 Å². The van der Waals surface area contributed by atoms with E-state index in [1.807, 2.05) is 6.07 Å². The number of likely N-dealkylation sites (N-methyl/N-ethyl adjacent to an activating group) is 1. The molecular formula is C20H28ClNO. The SMILES string of the molecule is CCCc1ccc(C(OCCN(C)C)c2ccccc2)cc1.Cl. The highest BCUT2D eigenvalue weighted by Gasteiger charge is 2.14. The molecule has 126 valence electrons. The summed E-state index contributed by atoms with van der Waals surface area (Å²) in [4.78, 5) is 2.15. The van der Waals surface area contributed by atoms with Crippen LogP contribution in [-0.2, 0) is 11.2 Å². The summed E-state index contributed by atoms with van der Waals surface area (Å²) in [5.74, 6) is 0. The molecule has 0 aromatic heterocycles. The third-order valence-corrected chi connectivity index (χ3v) is 3.75. The summed E-state index contributed by atoms with van der Waals surface area (Å²) in [7, 11) is 4.14. The zero-order valence-corrected chi connectivity index (χ0v) is 15.2. The summed E-state index contributed by atoms with van der Waals surface area (Å²) in [6.07, 6.45) is 2.33. The Morgan fingerprint density at radius 1 is 0.913 bits per heavy atom. The Bertz CT molecular complexity index is 539. The molecule has 0 bridgehead atoms. The average Bonchev–Trinajstić information content (AvgIpc) is 2.53. The highest BCUT2D eigenvalue weighted by molar-refractivity contribution is 5.85. The van der Waals surface area contributed by atoms with Crippen LogP contribution < -0.4 is 0 Å². The molecule has 0 fully saturated rings. The van der Waals surface area contributed by atoms with Gasteiger partial charge in [0, 0.05) is 6.54 Å². The lowest BCUT2D eigenvalue weighted by atomic mass is 9.99. The number of nitrogens with zero attached hydrogens (tertiary/aromatic N) is 1. The largest absolute Gasteiger partial charge is 0.367 e. The van der Waals surface area contributed by atoms with E-state index in [0.717, 1.165) is 19.6 Å². The zero-order chi connectivity index (χ0) is 15.8. The zero-order valence-electron chi connectivity index (χ0n) is 14.4. The summed E-state index contributed by atoms with van der Waals surface area (Å²) in [6, 6.07) is 19.3. The van der Waals surface area contributed by atoms with Crippen molar-refractivity contribution in [3.63, 3.8) is 0 Å². The van der Waals surface area contributed by atoms with Gasteiger partial charge in [-0.05, 0) is 37.2 Å². The van der Waals surface area contributed by atoms with Crippen molar-refractivity contribution >= 4 is 12.4 Å². The first-order chi connectivity index (χ1) is 10.7. The van der Waals surface area contributed by atoms with E-state index >= 15 is 0 Å². The quantitative estimate of drug-likeness (QED) is 0.692. The van der Waals surface area contributed by atoms with Gasteiger partial charge in [0.25, 0.3) is 0 Å². The van der Waals surface area contributed by atoms with Crippen LogP contribution in [0.2, 0.25) is 0 Å². The molecule has 3 heteroatoms. The van der Waals surface area contributed by atoms with Crippen molar-refractivity contribution in [1.82, 2.24) is 4.90 Å². The topological polar surface area (TPSA) is 12.5 Å². The molecule has 1 unspecified atom stereocenters. The molecule has 2 rings (SSSR count). The first kappa shape index (κ1) is 19.7. The van der Waals surface area contributed by atoms with Crippen LogP contribution >= 0.6 is 12.4 Å². The Morgan fingerprint density at radius 2 is 1.52 bits per heavy atom. The molecule has 23 heavy (non-hydrogen) atoms. The van der Waals surface area contributed by atoms with Crippen LogP contribution in [0.4, 0.5) is 0 Å². The number of ether oxygens (including phenoxy) is 1. The van der Waals surface area contributed by atoms with E-state index in [-0.39, 0.29) is 18.5 Å². The second-order valence-corrected chi connectivity index (χ2v) is 5.96. The van der Waals surface area contributed by atoms with Gasteiger partial charge >= 0.3 is 0 Å². The van der Waals surface area contributed by atoms with Gasteiger partial charge in [0.05, 0.1) is 6.61 Å². The minimum Gasteiger partial charge on any atom is -0.367 e. The molecule has 0 N–H and O–H groups in total. The molecule has 0 aliphatic carbocycles. The van der Waals surface area contributed by atoms with Crippen LogP contribution in [0.1, 0.15) is 36.1 Å². The minimum atomic E-state index is 0. The van der Waals surface area contributed by atoms with Crippen LogP contribution in [0.25, 0.3) is 0 Å². The van der Waals surface area contributed by atoms with E-state index in [0.29, 0.717) is 0 Å². The van der Waals surface area contributed by atoms with Crippen LogP contribution in [-0.4, -0.2) is 32.1 Å². The molecule has 2 nitrogen and oxygen atoms in total. The van der Waals surface area contributed by atoms with Crippen LogP contribution in [0.15, 0.2) is 54.6 Å². The molecule has 0 amide bonds. The van der Waals surface area contributed by atoms with Gasteiger partial charge in [-0.1, -0.05) is 67.9 Å². The van der Waals surface area contributed by atoms with E-state index in [2.05, 4.69) is 74.4 Å². The summed E-state index contributed by atoms with van der Waals surface area (Å²) in [6.45, 7) is 3.87. The molecule has 0 aliphatic rings. The van der Waals surface area contributed by atoms with Crippen LogP contribution in [0.3, 0.4) is 0 Å².